The fourth-order valence-electron chi connectivity index (χ4n) is 4.25. The third-order valence-electron chi connectivity index (χ3n) is 6.13. The van der Waals surface area contributed by atoms with Crippen LogP contribution in [0, 0.1) is 6.92 Å². The van der Waals surface area contributed by atoms with Gasteiger partial charge in [-0.2, -0.15) is 0 Å². The van der Waals surface area contributed by atoms with Crippen LogP contribution in [0.2, 0.25) is 0 Å². The second kappa shape index (κ2) is 9.20. The normalized spacial score (nSPS) is 17.4. The molecule has 0 saturated heterocycles. The monoisotopic (exact) mass is 443 g/mol. The number of hydrogen-bond acceptors (Lipinski definition) is 4. The number of benzene rings is 3. The summed E-state index contributed by atoms with van der Waals surface area (Å²) in [5.74, 6) is 0.319. The summed E-state index contributed by atoms with van der Waals surface area (Å²) in [7, 11) is 0. The molecule has 1 unspecified atom stereocenters. The molecule has 1 atom stereocenters. The Morgan fingerprint density at radius 1 is 1.03 bits per heavy atom. The van der Waals surface area contributed by atoms with Crippen molar-refractivity contribution in [1.82, 2.24) is 0 Å². The molecule has 0 saturated carbocycles. The van der Waals surface area contributed by atoms with Gasteiger partial charge in [0.2, 0.25) is 0 Å². The Bertz CT molecular complexity index is 1170. The lowest BCUT2D eigenvalue weighted by Gasteiger charge is -2.23. The molecular weight excluding hydrogens is 414 g/mol. The lowest BCUT2D eigenvalue weighted by molar-refractivity contribution is -0.135. The number of ketones is 1. The van der Waals surface area contributed by atoms with E-state index in [1.54, 1.807) is 30.3 Å². The molecule has 5 nitrogen and oxygen atoms in total. The highest BCUT2D eigenvalue weighted by molar-refractivity contribution is 6.10. The van der Waals surface area contributed by atoms with Gasteiger partial charge in [0.1, 0.15) is 12.4 Å². The van der Waals surface area contributed by atoms with E-state index in [-0.39, 0.29) is 25.4 Å². The van der Waals surface area contributed by atoms with Crippen molar-refractivity contribution in [2.75, 3.05) is 18.1 Å². The molecule has 1 N–H and O–H groups in total. The first-order chi connectivity index (χ1) is 15.8. The van der Waals surface area contributed by atoms with Crippen molar-refractivity contribution in [1.29, 1.82) is 0 Å². The summed E-state index contributed by atoms with van der Waals surface area (Å²) in [5, 5.41) is 11.5. The van der Waals surface area contributed by atoms with E-state index in [1.807, 2.05) is 49.4 Å². The topological polar surface area (TPSA) is 66.8 Å². The van der Waals surface area contributed by atoms with Crippen molar-refractivity contribution < 1.29 is 19.4 Å². The van der Waals surface area contributed by atoms with Crippen LogP contribution in [0.15, 0.2) is 72.8 Å². The van der Waals surface area contributed by atoms with Crippen LogP contribution >= 0.6 is 0 Å². The molecule has 0 bridgehead atoms. The van der Waals surface area contributed by atoms with Gasteiger partial charge in [0.15, 0.2) is 11.4 Å². The van der Waals surface area contributed by atoms with Crippen molar-refractivity contribution >= 4 is 17.4 Å². The highest BCUT2D eigenvalue weighted by atomic mass is 16.5. The van der Waals surface area contributed by atoms with Crippen molar-refractivity contribution in [2.24, 2.45) is 0 Å². The van der Waals surface area contributed by atoms with Crippen LogP contribution in [0.4, 0.5) is 5.69 Å². The summed E-state index contributed by atoms with van der Waals surface area (Å²) in [5.41, 5.74) is 1.88. The number of Topliss-reactive ketones (excluding diaryl/α,β-unsaturated/α-hetero) is 1. The second-order valence-corrected chi connectivity index (χ2v) is 8.88. The molecule has 5 heteroatoms. The summed E-state index contributed by atoms with van der Waals surface area (Å²) in [6.07, 6.45) is -0.306. The number of carbonyl (C=O) groups excluding carboxylic acids is 2. The lowest BCUT2D eigenvalue weighted by Crippen LogP contribution is -2.43. The van der Waals surface area contributed by atoms with Crippen LogP contribution in [0.3, 0.4) is 0 Å². The van der Waals surface area contributed by atoms with Gasteiger partial charge in [-0.3, -0.25) is 9.59 Å². The molecule has 1 heterocycles. The van der Waals surface area contributed by atoms with E-state index in [4.69, 9.17) is 4.74 Å². The van der Waals surface area contributed by atoms with Gasteiger partial charge in [0.05, 0.1) is 18.7 Å². The predicted molar refractivity (Wildman–Crippen MR) is 129 cm³/mol. The maximum atomic E-state index is 13.4. The molecule has 1 aliphatic heterocycles. The van der Waals surface area contributed by atoms with Gasteiger partial charge >= 0.3 is 0 Å². The summed E-state index contributed by atoms with van der Waals surface area (Å²) in [4.78, 5) is 27.9. The maximum Gasteiger partial charge on any atom is 0.264 e. The Kier molecular flexibility index (Phi) is 6.34. The first-order valence-electron chi connectivity index (χ1n) is 11.3. The number of aryl methyl sites for hydroxylation is 1. The summed E-state index contributed by atoms with van der Waals surface area (Å²) in [6.45, 7) is 6.70. The zero-order valence-electron chi connectivity index (χ0n) is 19.2. The van der Waals surface area contributed by atoms with Crippen LogP contribution < -0.4 is 9.64 Å². The number of aliphatic hydroxyl groups is 1. The Morgan fingerprint density at radius 3 is 2.45 bits per heavy atom. The van der Waals surface area contributed by atoms with Crippen LogP contribution in [-0.4, -0.2) is 29.9 Å². The van der Waals surface area contributed by atoms with E-state index in [9.17, 15) is 14.7 Å². The fourth-order valence-corrected chi connectivity index (χ4v) is 4.25. The molecule has 1 aliphatic rings. The number of fused-ring (bicyclic) bond motifs is 1. The smallest absolute Gasteiger partial charge is 0.264 e. The van der Waals surface area contributed by atoms with Gasteiger partial charge in [-0.05, 0) is 42.2 Å². The first-order valence-corrected chi connectivity index (χ1v) is 11.3. The van der Waals surface area contributed by atoms with E-state index in [1.165, 1.54) is 4.90 Å². The Morgan fingerprint density at radius 2 is 1.76 bits per heavy atom. The van der Waals surface area contributed by atoms with Gasteiger partial charge in [-0.25, -0.2) is 0 Å². The Labute approximate surface area is 194 Å². The SMILES string of the molecule is Cc1cccc(OCCN2C(=O)C(O)(CC(=O)c3ccc(C(C)C)cc3)c3ccccc32)c1. The zero-order valence-corrected chi connectivity index (χ0v) is 19.2. The van der Waals surface area contributed by atoms with Crippen molar-refractivity contribution in [2.45, 2.75) is 38.7 Å². The van der Waals surface area contributed by atoms with Gasteiger partial charge in [0, 0.05) is 11.1 Å². The van der Waals surface area contributed by atoms with E-state index >= 15 is 0 Å². The third-order valence-corrected chi connectivity index (χ3v) is 6.13. The van der Waals surface area contributed by atoms with Crippen molar-refractivity contribution in [3.05, 3.63) is 95.1 Å². The first kappa shape index (κ1) is 22.7. The number of anilines is 1. The van der Waals surface area contributed by atoms with Crippen LogP contribution in [0.5, 0.6) is 5.75 Å². The summed E-state index contributed by atoms with van der Waals surface area (Å²) < 4.78 is 5.82. The molecule has 1 amide bonds. The number of ether oxygens (including phenoxy) is 1. The highest BCUT2D eigenvalue weighted by Gasteiger charge is 2.50. The molecule has 0 fully saturated rings. The number of para-hydroxylation sites is 1. The standard InChI is InChI=1S/C28H29NO4/c1-19(2)21-11-13-22(14-12-21)26(30)18-28(32)24-9-4-5-10-25(24)29(27(28)31)15-16-33-23-8-6-7-20(3)17-23/h4-14,17,19,32H,15-16,18H2,1-3H3. The second-order valence-electron chi connectivity index (χ2n) is 8.88. The molecule has 33 heavy (non-hydrogen) atoms. The van der Waals surface area contributed by atoms with Gasteiger partial charge in [0.25, 0.3) is 5.91 Å². The minimum absolute atomic E-state index is 0.267. The van der Waals surface area contributed by atoms with Gasteiger partial charge < -0.3 is 14.7 Å². The number of carbonyl (C=O) groups is 2. The van der Waals surface area contributed by atoms with Gasteiger partial charge in [-0.15, -0.1) is 0 Å². The quantitative estimate of drug-likeness (QED) is 0.497. The molecule has 4 rings (SSSR count). The van der Waals surface area contributed by atoms with Crippen molar-refractivity contribution in [3.8, 4) is 5.75 Å². The lowest BCUT2D eigenvalue weighted by atomic mass is 9.87. The molecule has 170 valence electrons. The molecule has 0 radical (unpaired) electrons. The fraction of sp³-hybridized carbons (Fsp3) is 0.286. The van der Waals surface area contributed by atoms with Crippen LogP contribution in [0.1, 0.15) is 53.2 Å². The van der Waals surface area contributed by atoms with Crippen molar-refractivity contribution in [3.63, 3.8) is 0 Å². The Balaban J connectivity index is 1.52. The molecule has 3 aromatic rings. The maximum absolute atomic E-state index is 13.4. The van der Waals surface area contributed by atoms with Crippen LogP contribution in [0.25, 0.3) is 0 Å². The van der Waals surface area contributed by atoms with E-state index in [0.717, 1.165) is 16.9 Å². The zero-order chi connectivity index (χ0) is 23.6. The minimum atomic E-state index is -1.90. The van der Waals surface area contributed by atoms with E-state index < -0.39 is 11.5 Å². The molecule has 3 aromatic carbocycles. The number of amides is 1. The number of hydrogen-bond donors (Lipinski definition) is 1. The molecule has 0 spiro atoms. The van der Waals surface area contributed by atoms with Gasteiger partial charge in [-0.1, -0.05) is 68.4 Å². The van der Waals surface area contributed by atoms with Crippen LogP contribution in [-0.2, 0) is 10.4 Å². The molecule has 0 aromatic heterocycles. The predicted octanol–water partition coefficient (Wildman–Crippen LogP) is 5.00. The highest BCUT2D eigenvalue weighted by Crippen LogP contribution is 2.42. The van der Waals surface area contributed by atoms with E-state index in [2.05, 4.69) is 13.8 Å². The summed E-state index contributed by atoms with van der Waals surface area (Å²) in [6, 6.07) is 22.2. The minimum Gasteiger partial charge on any atom is -0.492 e. The largest absolute Gasteiger partial charge is 0.492 e. The molecule has 0 aliphatic carbocycles. The van der Waals surface area contributed by atoms with E-state index in [0.29, 0.717) is 22.7 Å². The number of rotatable bonds is 8. The average molecular weight is 444 g/mol. The third kappa shape index (κ3) is 4.55. The summed E-state index contributed by atoms with van der Waals surface area (Å²) >= 11 is 0. The number of nitrogens with zero attached hydrogens (tertiary/aromatic N) is 1. The average Bonchev–Trinajstić information content (AvgIpc) is 3.01. The Hall–Kier alpha value is -3.44. The molecular formula is C28H29NO4.